The first-order valence-electron chi connectivity index (χ1n) is 5.86. The van der Waals surface area contributed by atoms with E-state index in [0.717, 1.165) is 6.54 Å². The molecule has 5 heteroatoms. The predicted octanol–water partition coefficient (Wildman–Crippen LogP) is 2.66. The molecule has 0 bridgehead atoms. The standard InChI is InChI=1S/C13H18BrFN2O/c1-9(2)17(3)8-7-16-13(18)10-5-4-6-11(15)12(10)14/h4-6,9H,7-8H2,1-3H3,(H,16,18). The number of nitrogens with zero attached hydrogens (tertiary/aromatic N) is 1. The highest BCUT2D eigenvalue weighted by molar-refractivity contribution is 9.10. The van der Waals surface area contributed by atoms with Crippen LogP contribution in [0.2, 0.25) is 0 Å². The van der Waals surface area contributed by atoms with Gasteiger partial charge >= 0.3 is 0 Å². The largest absolute Gasteiger partial charge is 0.351 e. The lowest BCUT2D eigenvalue weighted by Crippen LogP contribution is -2.36. The molecule has 18 heavy (non-hydrogen) atoms. The maximum Gasteiger partial charge on any atom is 0.252 e. The number of hydrogen-bond acceptors (Lipinski definition) is 2. The van der Waals surface area contributed by atoms with Crippen LogP contribution in [0.3, 0.4) is 0 Å². The monoisotopic (exact) mass is 316 g/mol. The molecule has 0 aliphatic carbocycles. The Morgan fingerprint density at radius 1 is 1.50 bits per heavy atom. The first-order valence-corrected chi connectivity index (χ1v) is 6.65. The Kier molecular flexibility index (Phi) is 5.75. The van der Waals surface area contributed by atoms with Crippen molar-refractivity contribution in [3.8, 4) is 0 Å². The van der Waals surface area contributed by atoms with E-state index in [4.69, 9.17) is 0 Å². The average molecular weight is 317 g/mol. The number of carbonyl (C=O) groups excluding carboxylic acids is 1. The predicted molar refractivity (Wildman–Crippen MR) is 74.2 cm³/mol. The molecule has 0 saturated carbocycles. The Labute approximate surface area is 115 Å². The fraction of sp³-hybridized carbons (Fsp3) is 0.462. The van der Waals surface area contributed by atoms with Crippen LogP contribution in [-0.2, 0) is 0 Å². The van der Waals surface area contributed by atoms with E-state index in [-0.39, 0.29) is 10.4 Å². The van der Waals surface area contributed by atoms with Crippen LogP contribution < -0.4 is 5.32 Å². The summed E-state index contributed by atoms with van der Waals surface area (Å²) < 4.78 is 13.5. The molecule has 1 aromatic carbocycles. The van der Waals surface area contributed by atoms with E-state index in [1.54, 1.807) is 6.07 Å². The third-order valence-electron chi connectivity index (χ3n) is 2.83. The van der Waals surface area contributed by atoms with Gasteiger partial charge in [-0.2, -0.15) is 0 Å². The lowest BCUT2D eigenvalue weighted by Gasteiger charge is -2.20. The zero-order valence-electron chi connectivity index (χ0n) is 10.8. The smallest absolute Gasteiger partial charge is 0.252 e. The van der Waals surface area contributed by atoms with Crippen molar-refractivity contribution in [3.05, 3.63) is 34.1 Å². The van der Waals surface area contributed by atoms with Gasteiger partial charge in [-0.05, 0) is 49.0 Å². The molecule has 1 amide bonds. The van der Waals surface area contributed by atoms with Gasteiger partial charge in [-0.1, -0.05) is 6.07 Å². The van der Waals surface area contributed by atoms with Crippen LogP contribution in [-0.4, -0.2) is 37.0 Å². The van der Waals surface area contributed by atoms with Crippen molar-refractivity contribution in [3.63, 3.8) is 0 Å². The zero-order chi connectivity index (χ0) is 13.7. The zero-order valence-corrected chi connectivity index (χ0v) is 12.4. The van der Waals surface area contributed by atoms with Gasteiger partial charge in [0.1, 0.15) is 5.82 Å². The first-order chi connectivity index (χ1) is 8.43. The molecule has 0 atom stereocenters. The lowest BCUT2D eigenvalue weighted by atomic mass is 10.2. The van der Waals surface area contributed by atoms with E-state index in [1.165, 1.54) is 12.1 Å². The summed E-state index contributed by atoms with van der Waals surface area (Å²) in [6, 6.07) is 4.86. The number of nitrogens with one attached hydrogen (secondary N) is 1. The van der Waals surface area contributed by atoms with E-state index in [2.05, 4.69) is 40.0 Å². The third-order valence-corrected chi connectivity index (χ3v) is 3.63. The Morgan fingerprint density at radius 2 is 2.17 bits per heavy atom. The van der Waals surface area contributed by atoms with Gasteiger partial charge in [-0.25, -0.2) is 4.39 Å². The van der Waals surface area contributed by atoms with Crippen molar-refractivity contribution >= 4 is 21.8 Å². The quantitative estimate of drug-likeness (QED) is 0.905. The minimum atomic E-state index is -0.429. The van der Waals surface area contributed by atoms with Crippen LogP contribution in [0.15, 0.2) is 22.7 Å². The average Bonchev–Trinajstić information content (AvgIpc) is 2.32. The van der Waals surface area contributed by atoms with Crippen molar-refractivity contribution in [2.45, 2.75) is 19.9 Å². The van der Waals surface area contributed by atoms with Gasteiger partial charge in [-0.3, -0.25) is 4.79 Å². The summed E-state index contributed by atoms with van der Waals surface area (Å²) in [5.41, 5.74) is 0.321. The highest BCUT2D eigenvalue weighted by Gasteiger charge is 2.12. The molecular weight excluding hydrogens is 299 g/mol. The minimum absolute atomic E-state index is 0.208. The van der Waals surface area contributed by atoms with Crippen molar-refractivity contribution in [1.82, 2.24) is 10.2 Å². The molecule has 0 radical (unpaired) electrons. The van der Waals surface area contributed by atoms with E-state index < -0.39 is 5.82 Å². The molecule has 0 aliphatic heterocycles. The van der Waals surface area contributed by atoms with Crippen molar-refractivity contribution in [2.24, 2.45) is 0 Å². The maximum absolute atomic E-state index is 13.3. The summed E-state index contributed by atoms with van der Waals surface area (Å²) in [6.45, 7) is 5.47. The highest BCUT2D eigenvalue weighted by Crippen LogP contribution is 2.20. The normalized spacial score (nSPS) is 11.1. The van der Waals surface area contributed by atoms with Gasteiger partial charge in [0.15, 0.2) is 0 Å². The summed E-state index contributed by atoms with van der Waals surface area (Å²) >= 11 is 3.08. The topological polar surface area (TPSA) is 32.3 Å². The fourth-order valence-electron chi connectivity index (χ4n) is 1.38. The van der Waals surface area contributed by atoms with E-state index >= 15 is 0 Å². The highest BCUT2D eigenvalue weighted by atomic mass is 79.9. The first kappa shape index (κ1) is 15.1. The second kappa shape index (κ2) is 6.85. The van der Waals surface area contributed by atoms with Crippen LogP contribution in [0.5, 0.6) is 0 Å². The minimum Gasteiger partial charge on any atom is -0.351 e. The fourth-order valence-corrected chi connectivity index (χ4v) is 1.82. The molecule has 1 aromatic rings. The molecule has 0 aliphatic rings. The number of carbonyl (C=O) groups is 1. The Morgan fingerprint density at radius 3 is 2.78 bits per heavy atom. The van der Waals surface area contributed by atoms with Crippen LogP contribution >= 0.6 is 15.9 Å². The van der Waals surface area contributed by atoms with Gasteiger partial charge < -0.3 is 10.2 Å². The molecule has 0 spiro atoms. The molecule has 0 aromatic heterocycles. The lowest BCUT2D eigenvalue weighted by molar-refractivity contribution is 0.0946. The summed E-state index contributed by atoms with van der Waals surface area (Å²) in [5.74, 6) is -0.694. The molecule has 1 N–H and O–H groups in total. The van der Waals surface area contributed by atoms with Crippen molar-refractivity contribution in [1.29, 1.82) is 0 Å². The van der Waals surface area contributed by atoms with Gasteiger partial charge in [0, 0.05) is 19.1 Å². The summed E-state index contributed by atoms with van der Waals surface area (Å²) in [4.78, 5) is 14.0. The van der Waals surface area contributed by atoms with Gasteiger partial charge in [0.05, 0.1) is 10.0 Å². The van der Waals surface area contributed by atoms with Crippen LogP contribution in [0.25, 0.3) is 0 Å². The Hall–Kier alpha value is -0.940. The number of benzene rings is 1. The summed E-state index contributed by atoms with van der Waals surface area (Å²) in [6.07, 6.45) is 0. The molecule has 0 fully saturated rings. The van der Waals surface area contributed by atoms with Gasteiger partial charge in [0.25, 0.3) is 5.91 Å². The Balaban J connectivity index is 2.54. The molecule has 0 heterocycles. The molecule has 100 valence electrons. The van der Waals surface area contributed by atoms with Crippen LogP contribution in [0, 0.1) is 5.82 Å². The molecule has 0 unspecified atom stereocenters. The van der Waals surface area contributed by atoms with E-state index in [9.17, 15) is 9.18 Å². The van der Waals surface area contributed by atoms with Crippen molar-refractivity contribution in [2.75, 3.05) is 20.1 Å². The van der Waals surface area contributed by atoms with Crippen LogP contribution in [0.1, 0.15) is 24.2 Å². The molecule has 3 nitrogen and oxygen atoms in total. The second-order valence-corrected chi connectivity index (χ2v) is 5.22. The summed E-state index contributed by atoms with van der Waals surface area (Å²) in [5, 5.41) is 2.78. The molecular formula is C13H18BrFN2O. The third kappa shape index (κ3) is 4.07. The molecule has 0 saturated heterocycles. The SMILES string of the molecule is CC(C)N(C)CCNC(=O)c1cccc(F)c1Br. The van der Waals surface area contributed by atoms with Crippen LogP contribution in [0.4, 0.5) is 4.39 Å². The number of halogens is 2. The molecule has 1 rings (SSSR count). The summed E-state index contributed by atoms with van der Waals surface area (Å²) in [7, 11) is 1.99. The van der Waals surface area contributed by atoms with Gasteiger partial charge in [0.2, 0.25) is 0 Å². The van der Waals surface area contributed by atoms with E-state index in [1.807, 2.05) is 7.05 Å². The van der Waals surface area contributed by atoms with E-state index in [0.29, 0.717) is 18.2 Å². The number of likely N-dealkylation sites (N-methyl/N-ethyl adjacent to an activating group) is 1. The van der Waals surface area contributed by atoms with Crippen molar-refractivity contribution < 1.29 is 9.18 Å². The maximum atomic E-state index is 13.3. The Bertz CT molecular complexity index is 423. The number of hydrogen-bond donors (Lipinski definition) is 1. The number of rotatable bonds is 5. The second-order valence-electron chi connectivity index (χ2n) is 4.43. The number of amides is 1. The van der Waals surface area contributed by atoms with Gasteiger partial charge in [-0.15, -0.1) is 0 Å².